The van der Waals surface area contributed by atoms with Crippen LogP contribution in [-0.4, -0.2) is 31.8 Å². The number of benzene rings is 1. The fraction of sp³-hybridized carbons (Fsp3) is 0.333. The Hall–Kier alpha value is -2.35. The van der Waals surface area contributed by atoms with Gasteiger partial charge in [0, 0.05) is 18.0 Å². The zero-order valence-electron chi connectivity index (χ0n) is 13.2. The van der Waals surface area contributed by atoms with Crippen molar-refractivity contribution in [2.24, 2.45) is 0 Å². The highest BCUT2D eigenvalue weighted by molar-refractivity contribution is 7.89. The molecule has 1 heterocycles. The summed E-state index contributed by atoms with van der Waals surface area (Å²) in [5.41, 5.74) is 1.43. The van der Waals surface area contributed by atoms with Gasteiger partial charge in [-0.1, -0.05) is 17.3 Å². The monoisotopic (exact) mass is 337 g/mol. The van der Waals surface area contributed by atoms with Gasteiger partial charge in [-0.2, -0.15) is 0 Å². The number of hydrogen-bond donors (Lipinski definition) is 2. The van der Waals surface area contributed by atoms with Crippen LogP contribution in [-0.2, 0) is 20.4 Å². The molecular formula is C15H19N3O4S. The molecular weight excluding hydrogens is 318 g/mol. The highest BCUT2D eigenvalue weighted by atomic mass is 32.2. The van der Waals surface area contributed by atoms with E-state index in [0.29, 0.717) is 17.1 Å². The minimum Gasteiger partial charge on any atom is -0.374 e. The van der Waals surface area contributed by atoms with Crippen LogP contribution in [0.1, 0.15) is 18.2 Å². The Morgan fingerprint density at radius 3 is 2.48 bits per heavy atom. The van der Waals surface area contributed by atoms with E-state index in [1.807, 2.05) is 0 Å². The summed E-state index contributed by atoms with van der Waals surface area (Å²) in [5, 5.41) is 9.38. The molecule has 7 nitrogen and oxygen atoms in total. The summed E-state index contributed by atoms with van der Waals surface area (Å²) < 4.78 is 27.4. The largest absolute Gasteiger partial charge is 0.374 e. The lowest BCUT2D eigenvalue weighted by atomic mass is 10.2. The minimum absolute atomic E-state index is 0.00513. The third kappa shape index (κ3) is 5.41. The van der Waals surface area contributed by atoms with Gasteiger partial charge in [-0.15, -0.1) is 0 Å². The summed E-state index contributed by atoms with van der Waals surface area (Å²) in [4.78, 5) is 12.0. The van der Waals surface area contributed by atoms with Crippen molar-refractivity contribution < 1.29 is 17.7 Å². The van der Waals surface area contributed by atoms with Crippen molar-refractivity contribution in [2.75, 3.05) is 16.9 Å². The first-order valence-corrected chi connectivity index (χ1v) is 9.06. The maximum Gasteiger partial charge on any atom is 0.247 e. The van der Waals surface area contributed by atoms with Crippen LogP contribution in [0.25, 0.3) is 0 Å². The summed E-state index contributed by atoms with van der Waals surface area (Å²) in [6, 6.07) is 8.05. The second kappa shape index (κ2) is 6.82. The number of sulfone groups is 1. The molecule has 1 aromatic heterocycles. The van der Waals surface area contributed by atoms with E-state index < -0.39 is 15.9 Å². The van der Waals surface area contributed by atoms with E-state index in [4.69, 9.17) is 4.52 Å². The molecule has 2 aromatic rings. The lowest BCUT2D eigenvalue weighted by Gasteiger charge is -2.14. The molecule has 2 N–H and O–H groups in total. The first kappa shape index (κ1) is 17.0. The smallest absolute Gasteiger partial charge is 0.247 e. The van der Waals surface area contributed by atoms with Crippen LogP contribution in [0.15, 0.2) is 34.9 Å². The van der Waals surface area contributed by atoms with E-state index >= 15 is 0 Å². The SMILES string of the molecule is Cc1cc(NC(=O)C(C)Nc2ccc(CS(C)(=O)=O)cc2)no1. The third-order valence-corrected chi connectivity index (χ3v) is 3.90. The number of anilines is 2. The molecule has 1 unspecified atom stereocenters. The van der Waals surface area contributed by atoms with Gasteiger partial charge in [0.15, 0.2) is 15.7 Å². The summed E-state index contributed by atoms with van der Waals surface area (Å²) in [7, 11) is -3.06. The quantitative estimate of drug-likeness (QED) is 0.835. The number of hydrogen-bond acceptors (Lipinski definition) is 6. The number of aryl methyl sites for hydroxylation is 1. The van der Waals surface area contributed by atoms with Gasteiger partial charge in [0.25, 0.3) is 0 Å². The lowest BCUT2D eigenvalue weighted by Crippen LogP contribution is -2.31. The maximum absolute atomic E-state index is 12.0. The third-order valence-electron chi connectivity index (χ3n) is 3.04. The molecule has 0 aliphatic carbocycles. The Labute approximate surface area is 135 Å². The molecule has 0 radical (unpaired) electrons. The van der Waals surface area contributed by atoms with E-state index in [-0.39, 0.29) is 11.7 Å². The number of carbonyl (C=O) groups is 1. The molecule has 0 saturated heterocycles. The molecule has 0 saturated carbocycles. The van der Waals surface area contributed by atoms with Gasteiger partial charge in [0.05, 0.1) is 5.75 Å². The predicted molar refractivity (Wildman–Crippen MR) is 87.9 cm³/mol. The molecule has 8 heteroatoms. The summed E-state index contributed by atoms with van der Waals surface area (Å²) in [6.45, 7) is 3.45. The van der Waals surface area contributed by atoms with Crippen LogP contribution in [0.3, 0.4) is 0 Å². The second-order valence-electron chi connectivity index (χ2n) is 5.45. The first-order chi connectivity index (χ1) is 10.7. The molecule has 1 atom stereocenters. The van der Waals surface area contributed by atoms with Crippen LogP contribution >= 0.6 is 0 Å². The number of nitrogens with one attached hydrogen (secondary N) is 2. The Kier molecular flexibility index (Phi) is 5.05. The average molecular weight is 337 g/mol. The Morgan fingerprint density at radius 2 is 1.96 bits per heavy atom. The molecule has 0 spiro atoms. The number of amides is 1. The highest BCUT2D eigenvalue weighted by Crippen LogP contribution is 2.14. The van der Waals surface area contributed by atoms with Crippen LogP contribution in [0.2, 0.25) is 0 Å². The second-order valence-corrected chi connectivity index (χ2v) is 7.59. The van der Waals surface area contributed by atoms with Gasteiger partial charge in [-0.3, -0.25) is 4.79 Å². The molecule has 0 aliphatic heterocycles. The van der Waals surface area contributed by atoms with Crippen molar-refractivity contribution >= 4 is 27.2 Å². The van der Waals surface area contributed by atoms with Crippen LogP contribution in [0, 0.1) is 6.92 Å². The van der Waals surface area contributed by atoms with Crippen molar-refractivity contribution in [2.45, 2.75) is 25.6 Å². The molecule has 23 heavy (non-hydrogen) atoms. The molecule has 1 amide bonds. The number of nitrogens with zero attached hydrogens (tertiary/aromatic N) is 1. The lowest BCUT2D eigenvalue weighted by molar-refractivity contribution is -0.116. The van der Waals surface area contributed by atoms with E-state index in [1.165, 1.54) is 6.26 Å². The van der Waals surface area contributed by atoms with Gasteiger partial charge >= 0.3 is 0 Å². The van der Waals surface area contributed by atoms with Gasteiger partial charge in [0.1, 0.15) is 11.8 Å². The topological polar surface area (TPSA) is 101 Å². The van der Waals surface area contributed by atoms with E-state index in [9.17, 15) is 13.2 Å². The van der Waals surface area contributed by atoms with Gasteiger partial charge in [-0.05, 0) is 31.5 Å². The molecule has 0 fully saturated rings. The standard InChI is InChI=1S/C15H19N3O4S/c1-10-8-14(18-22-10)17-15(19)11(2)16-13-6-4-12(5-7-13)9-23(3,20)21/h4-8,11,16H,9H2,1-3H3,(H,17,18,19). The summed E-state index contributed by atoms with van der Waals surface area (Å²) >= 11 is 0. The van der Waals surface area contributed by atoms with Crippen molar-refractivity contribution in [3.8, 4) is 0 Å². The zero-order valence-corrected chi connectivity index (χ0v) is 14.0. The first-order valence-electron chi connectivity index (χ1n) is 7.00. The van der Waals surface area contributed by atoms with Crippen LogP contribution in [0.4, 0.5) is 11.5 Å². The Bertz CT molecular complexity index is 781. The Morgan fingerprint density at radius 1 is 1.30 bits per heavy atom. The molecule has 124 valence electrons. The van der Waals surface area contributed by atoms with Crippen molar-refractivity contribution in [3.63, 3.8) is 0 Å². The minimum atomic E-state index is -3.06. The van der Waals surface area contributed by atoms with Crippen LogP contribution in [0.5, 0.6) is 0 Å². The molecule has 1 aromatic carbocycles. The number of aromatic nitrogens is 1. The molecule has 2 rings (SSSR count). The van der Waals surface area contributed by atoms with E-state index in [0.717, 1.165) is 5.69 Å². The average Bonchev–Trinajstić information content (AvgIpc) is 2.84. The molecule has 0 aliphatic rings. The molecule has 0 bridgehead atoms. The fourth-order valence-electron chi connectivity index (χ4n) is 1.98. The Balaban J connectivity index is 1.94. The number of carbonyl (C=O) groups excluding carboxylic acids is 1. The van der Waals surface area contributed by atoms with Gasteiger partial charge in [-0.25, -0.2) is 8.42 Å². The summed E-state index contributed by atoms with van der Waals surface area (Å²) in [6.07, 6.45) is 1.19. The van der Waals surface area contributed by atoms with E-state index in [1.54, 1.807) is 44.2 Å². The van der Waals surface area contributed by atoms with E-state index in [2.05, 4.69) is 15.8 Å². The summed E-state index contributed by atoms with van der Waals surface area (Å²) in [5.74, 6) is 0.722. The maximum atomic E-state index is 12.0. The van der Waals surface area contributed by atoms with Crippen LogP contribution < -0.4 is 10.6 Å². The van der Waals surface area contributed by atoms with Crippen molar-refractivity contribution in [1.82, 2.24) is 5.16 Å². The number of rotatable bonds is 6. The van der Waals surface area contributed by atoms with Gasteiger partial charge < -0.3 is 15.2 Å². The van der Waals surface area contributed by atoms with Crippen molar-refractivity contribution in [3.05, 3.63) is 41.7 Å². The normalized spacial score (nSPS) is 12.7. The predicted octanol–water partition coefficient (Wildman–Crippen LogP) is 1.97. The zero-order chi connectivity index (χ0) is 17.0. The fourth-order valence-corrected chi connectivity index (χ4v) is 2.77. The van der Waals surface area contributed by atoms with Crippen molar-refractivity contribution in [1.29, 1.82) is 0 Å². The van der Waals surface area contributed by atoms with Gasteiger partial charge in [0.2, 0.25) is 5.91 Å². The highest BCUT2D eigenvalue weighted by Gasteiger charge is 2.14.